The molecule has 2 fully saturated rings. The number of phenolic OH excluding ortho intramolecular Hbond substituents is 1. The smallest absolute Gasteiger partial charge is 0.341 e. The first-order valence-electron chi connectivity index (χ1n) is 14.9. The van der Waals surface area contributed by atoms with E-state index in [1.807, 2.05) is 30.3 Å². The van der Waals surface area contributed by atoms with Gasteiger partial charge in [0.1, 0.15) is 29.4 Å². The summed E-state index contributed by atoms with van der Waals surface area (Å²) < 4.78 is 34.9. The van der Waals surface area contributed by atoms with Crippen LogP contribution in [0.2, 0.25) is 0 Å². The third kappa shape index (κ3) is 5.84. The van der Waals surface area contributed by atoms with Gasteiger partial charge in [-0.05, 0) is 91.7 Å². The molecule has 45 heavy (non-hydrogen) atoms. The number of benzene rings is 3. The largest absolute Gasteiger partial charge is 0.508 e. The molecule has 4 N–H and O–H groups in total. The van der Waals surface area contributed by atoms with Crippen LogP contribution in [0.25, 0.3) is 10.9 Å². The van der Waals surface area contributed by atoms with Crippen molar-refractivity contribution in [1.29, 1.82) is 5.26 Å². The number of hydrogen-bond donors (Lipinski definition) is 3. The number of sulfonamides is 1. The number of fused-ring (bicyclic) bond motifs is 1. The highest BCUT2D eigenvalue weighted by Gasteiger charge is 2.52. The summed E-state index contributed by atoms with van der Waals surface area (Å²) in [4.78, 5) is 31.8. The van der Waals surface area contributed by atoms with Gasteiger partial charge in [0, 0.05) is 30.1 Å². The van der Waals surface area contributed by atoms with Crippen LogP contribution in [-0.4, -0.2) is 58.8 Å². The van der Waals surface area contributed by atoms with E-state index in [1.165, 1.54) is 36.4 Å². The fraction of sp³-hybridized carbons (Fsp3) is 0.303. The standard InChI is InChI=1S/C33H33N5O6S/c34-17-21-4-3-5-22(14-21)20-37-32(40)30(16-24-19-36-29-7-2-1-6-28(24)29)38(33(37)41)45(42,43)27-12-13-31(23(15-27)18-35)44-26-10-8-25(39)9-11-26/h1-2,6-13,15,19,21-22,30,36,39H,3-5,14,16-17,20,34H2. The lowest BCUT2D eigenvalue weighted by atomic mass is 9.81. The minimum absolute atomic E-state index is 0.0203. The number of carbonyl (C=O) groups is 2. The van der Waals surface area contributed by atoms with Gasteiger partial charge in [0.15, 0.2) is 0 Å². The fourth-order valence-corrected chi connectivity index (χ4v) is 7.92. The van der Waals surface area contributed by atoms with E-state index in [2.05, 4.69) is 4.98 Å². The molecule has 1 aliphatic carbocycles. The number of H-pyrrole nitrogens is 1. The van der Waals surface area contributed by atoms with Crippen LogP contribution in [0.15, 0.2) is 77.8 Å². The second-order valence-electron chi connectivity index (χ2n) is 11.6. The van der Waals surface area contributed by atoms with Gasteiger partial charge in [-0.15, -0.1) is 0 Å². The van der Waals surface area contributed by atoms with Crippen LogP contribution >= 0.6 is 0 Å². The van der Waals surface area contributed by atoms with Crippen molar-refractivity contribution in [3.63, 3.8) is 0 Å². The van der Waals surface area contributed by atoms with Gasteiger partial charge in [-0.25, -0.2) is 17.5 Å². The molecule has 232 valence electrons. The molecular weight excluding hydrogens is 594 g/mol. The number of nitriles is 1. The number of phenols is 1. The molecule has 1 aromatic heterocycles. The van der Waals surface area contributed by atoms with Crippen LogP contribution < -0.4 is 10.5 Å². The van der Waals surface area contributed by atoms with E-state index < -0.39 is 28.0 Å². The van der Waals surface area contributed by atoms with E-state index in [0.29, 0.717) is 28.1 Å². The topological polar surface area (TPSA) is 170 Å². The lowest BCUT2D eigenvalue weighted by Gasteiger charge is -2.30. The molecule has 11 nitrogen and oxygen atoms in total. The summed E-state index contributed by atoms with van der Waals surface area (Å²) in [5.41, 5.74) is 7.37. The zero-order valence-corrected chi connectivity index (χ0v) is 25.2. The summed E-state index contributed by atoms with van der Waals surface area (Å²) >= 11 is 0. The number of imide groups is 1. The number of aromatic hydroxyl groups is 1. The second-order valence-corrected chi connectivity index (χ2v) is 13.4. The van der Waals surface area contributed by atoms with Gasteiger partial charge in [0.2, 0.25) is 0 Å². The van der Waals surface area contributed by atoms with Crippen molar-refractivity contribution in [2.45, 2.75) is 43.0 Å². The Morgan fingerprint density at radius 3 is 2.56 bits per heavy atom. The third-order valence-electron chi connectivity index (χ3n) is 8.70. The van der Waals surface area contributed by atoms with Crippen LogP contribution in [-0.2, 0) is 21.2 Å². The maximum Gasteiger partial charge on any atom is 0.341 e. The van der Waals surface area contributed by atoms with E-state index in [4.69, 9.17) is 10.5 Å². The van der Waals surface area contributed by atoms with Gasteiger partial charge >= 0.3 is 6.03 Å². The molecule has 3 atom stereocenters. The quantitative estimate of drug-likeness (QED) is 0.221. The van der Waals surface area contributed by atoms with Crippen LogP contribution in [0.3, 0.4) is 0 Å². The summed E-state index contributed by atoms with van der Waals surface area (Å²) in [5, 5.41) is 20.2. The number of aromatic amines is 1. The number of hydrogen-bond acceptors (Lipinski definition) is 8. The monoisotopic (exact) mass is 627 g/mol. The van der Waals surface area contributed by atoms with Crippen LogP contribution in [0, 0.1) is 23.2 Å². The molecule has 2 heterocycles. The first-order chi connectivity index (χ1) is 21.7. The average Bonchev–Trinajstić information content (AvgIpc) is 3.56. The molecule has 3 amide bonds. The van der Waals surface area contributed by atoms with Crippen molar-refractivity contribution < 1.29 is 27.9 Å². The van der Waals surface area contributed by atoms with Gasteiger partial charge in [-0.2, -0.15) is 5.26 Å². The summed E-state index contributed by atoms with van der Waals surface area (Å²) in [5.74, 6) is 0.205. The number of nitrogens with one attached hydrogen (secondary N) is 1. The predicted octanol–water partition coefficient (Wildman–Crippen LogP) is 4.87. The Balaban J connectivity index is 1.35. The van der Waals surface area contributed by atoms with Crippen LogP contribution in [0.1, 0.15) is 36.8 Å². The van der Waals surface area contributed by atoms with Crippen molar-refractivity contribution >= 4 is 32.9 Å². The molecule has 4 aromatic rings. The SMILES string of the molecule is N#Cc1cc(S(=O)(=O)N2C(=O)N(CC3CCCC(CN)C3)C(=O)C2Cc2c[nH]c3ccccc23)ccc1Oc1ccc(O)cc1. The molecule has 0 radical (unpaired) electrons. The number of para-hydroxylation sites is 1. The molecule has 1 aliphatic heterocycles. The maximum atomic E-state index is 14.2. The lowest BCUT2D eigenvalue weighted by Crippen LogP contribution is -2.42. The van der Waals surface area contributed by atoms with E-state index in [-0.39, 0.29) is 40.8 Å². The molecule has 1 saturated heterocycles. The predicted molar refractivity (Wildman–Crippen MR) is 166 cm³/mol. The number of carbonyl (C=O) groups excluding carboxylic acids is 2. The summed E-state index contributed by atoms with van der Waals surface area (Å²) in [7, 11) is -4.59. The van der Waals surface area contributed by atoms with Crippen molar-refractivity contribution in [2.75, 3.05) is 13.1 Å². The molecule has 3 unspecified atom stereocenters. The summed E-state index contributed by atoms with van der Waals surface area (Å²) in [6.07, 6.45) is 5.22. The molecular formula is C33H33N5O6S. The Bertz CT molecular complexity index is 1900. The molecule has 3 aromatic carbocycles. The van der Waals surface area contributed by atoms with Gasteiger partial charge in [0.05, 0.1) is 10.5 Å². The van der Waals surface area contributed by atoms with Crippen molar-refractivity contribution in [2.24, 2.45) is 17.6 Å². The Morgan fingerprint density at radius 1 is 1.04 bits per heavy atom. The van der Waals surface area contributed by atoms with Crippen LogP contribution in [0.5, 0.6) is 17.2 Å². The van der Waals surface area contributed by atoms with E-state index in [0.717, 1.165) is 47.6 Å². The van der Waals surface area contributed by atoms with Gasteiger partial charge in [-0.1, -0.05) is 24.6 Å². The molecule has 12 heteroatoms. The highest BCUT2D eigenvalue weighted by atomic mass is 32.2. The second kappa shape index (κ2) is 12.3. The first-order valence-corrected chi connectivity index (χ1v) is 16.3. The summed E-state index contributed by atoms with van der Waals surface area (Å²) in [6, 6.07) is 16.8. The minimum Gasteiger partial charge on any atom is -0.508 e. The van der Waals surface area contributed by atoms with E-state index in [1.54, 1.807) is 6.20 Å². The zero-order valence-electron chi connectivity index (χ0n) is 24.4. The normalized spacial score (nSPS) is 20.5. The number of amides is 3. The molecule has 0 bridgehead atoms. The molecule has 6 rings (SSSR count). The van der Waals surface area contributed by atoms with Gasteiger partial charge < -0.3 is 20.6 Å². The minimum atomic E-state index is -4.59. The number of ether oxygens (including phenoxy) is 1. The molecule has 0 spiro atoms. The Hall–Kier alpha value is -4.86. The summed E-state index contributed by atoms with van der Waals surface area (Å²) in [6.45, 7) is 0.642. The van der Waals surface area contributed by atoms with Crippen molar-refractivity contribution in [1.82, 2.24) is 14.2 Å². The zero-order chi connectivity index (χ0) is 31.7. The maximum absolute atomic E-state index is 14.2. The number of aromatic nitrogens is 1. The molecule has 2 aliphatic rings. The van der Waals surface area contributed by atoms with E-state index in [9.17, 15) is 28.4 Å². The lowest BCUT2D eigenvalue weighted by molar-refractivity contribution is -0.128. The van der Waals surface area contributed by atoms with Crippen LogP contribution in [0.4, 0.5) is 4.79 Å². The number of nitrogens with zero attached hydrogens (tertiary/aromatic N) is 3. The first kappa shape index (κ1) is 30.2. The van der Waals surface area contributed by atoms with Gasteiger partial charge in [-0.3, -0.25) is 9.69 Å². The fourth-order valence-electron chi connectivity index (χ4n) is 6.39. The number of urea groups is 1. The van der Waals surface area contributed by atoms with Crippen molar-refractivity contribution in [3.8, 4) is 23.3 Å². The van der Waals surface area contributed by atoms with Crippen molar-refractivity contribution in [3.05, 3.63) is 84.1 Å². The van der Waals surface area contributed by atoms with Gasteiger partial charge in [0.25, 0.3) is 15.9 Å². The average molecular weight is 628 g/mol. The number of rotatable bonds is 9. The Labute approximate surface area is 260 Å². The third-order valence-corrected chi connectivity index (χ3v) is 10.5. The van der Waals surface area contributed by atoms with E-state index >= 15 is 0 Å². The Morgan fingerprint density at radius 2 is 1.80 bits per heavy atom. The number of nitrogens with two attached hydrogens (primary N) is 1. The Kier molecular flexibility index (Phi) is 8.22. The molecule has 1 saturated carbocycles. The highest BCUT2D eigenvalue weighted by Crippen LogP contribution is 2.36. The highest BCUT2D eigenvalue weighted by molar-refractivity contribution is 7.89.